The van der Waals surface area contributed by atoms with E-state index in [1.54, 1.807) is 0 Å². The van der Waals surface area contributed by atoms with Gasteiger partial charge in [-0.3, -0.25) is 9.69 Å². The third-order valence-corrected chi connectivity index (χ3v) is 6.25. The molecule has 1 fully saturated rings. The number of nitrogens with zero attached hydrogens (tertiary/aromatic N) is 5. The molecule has 2 aliphatic heterocycles. The molecule has 5 rings (SSSR count). The van der Waals surface area contributed by atoms with Crippen molar-refractivity contribution in [1.82, 2.24) is 24.6 Å². The predicted octanol–water partition coefficient (Wildman–Crippen LogP) is 2.97. The van der Waals surface area contributed by atoms with Crippen molar-refractivity contribution in [2.45, 2.75) is 31.8 Å². The van der Waals surface area contributed by atoms with Crippen LogP contribution in [0.25, 0.3) is 0 Å². The van der Waals surface area contributed by atoms with Gasteiger partial charge in [-0.1, -0.05) is 48.5 Å². The summed E-state index contributed by atoms with van der Waals surface area (Å²) in [5, 5.41) is 9.07. The highest BCUT2D eigenvalue weighted by atomic mass is 16.2. The van der Waals surface area contributed by atoms with Gasteiger partial charge in [-0.15, -0.1) is 10.2 Å². The minimum atomic E-state index is 0.103. The number of carbonyl (C=O) groups excluding carboxylic acids is 1. The number of aromatic nitrogens is 3. The van der Waals surface area contributed by atoms with Crippen molar-refractivity contribution < 1.29 is 4.79 Å². The van der Waals surface area contributed by atoms with Gasteiger partial charge < -0.3 is 9.47 Å². The molecule has 0 saturated carbocycles. The number of likely N-dealkylation sites (tertiary alicyclic amines) is 1. The Bertz CT molecular complexity index is 1000. The number of hydrogen-bond acceptors (Lipinski definition) is 4. The Morgan fingerprint density at radius 1 is 0.900 bits per heavy atom. The first kappa shape index (κ1) is 19.0. The Labute approximate surface area is 177 Å². The molecule has 0 spiro atoms. The van der Waals surface area contributed by atoms with E-state index in [9.17, 15) is 4.79 Å². The van der Waals surface area contributed by atoms with Crippen LogP contribution < -0.4 is 0 Å². The summed E-state index contributed by atoms with van der Waals surface area (Å²) in [7, 11) is 0. The third-order valence-electron chi connectivity index (χ3n) is 6.25. The Morgan fingerprint density at radius 2 is 1.67 bits per heavy atom. The normalized spacial score (nSPS) is 19.5. The fourth-order valence-corrected chi connectivity index (χ4v) is 4.64. The molecule has 1 aromatic heterocycles. The molecule has 1 unspecified atom stereocenters. The molecule has 2 aromatic carbocycles. The molecule has 154 valence electrons. The van der Waals surface area contributed by atoms with Crippen molar-refractivity contribution in [2.24, 2.45) is 0 Å². The molecule has 1 saturated heterocycles. The number of rotatable bonds is 4. The molecule has 0 radical (unpaired) electrons. The van der Waals surface area contributed by atoms with Gasteiger partial charge in [0, 0.05) is 50.6 Å². The maximum Gasteiger partial charge on any atom is 0.253 e. The average Bonchev–Trinajstić information content (AvgIpc) is 3.36. The molecule has 6 nitrogen and oxygen atoms in total. The summed E-state index contributed by atoms with van der Waals surface area (Å²) in [4.78, 5) is 17.3. The van der Waals surface area contributed by atoms with Crippen molar-refractivity contribution >= 4 is 5.91 Å². The van der Waals surface area contributed by atoms with E-state index in [1.807, 2.05) is 35.2 Å². The second-order valence-electron chi connectivity index (χ2n) is 8.24. The van der Waals surface area contributed by atoms with E-state index in [2.05, 4.69) is 50.0 Å². The second-order valence-corrected chi connectivity index (χ2v) is 8.24. The highest BCUT2D eigenvalue weighted by Gasteiger charge is 2.30. The van der Waals surface area contributed by atoms with Gasteiger partial charge in [0.05, 0.1) is 0 Å². The molecular formula is C24H27N5O. The van der Waals surface area contributed by atoms with Crippen molar-refractivity contribution in [1.29, 1.82) is 0 Å². The molecule has 0 bridgehead atoms. The summed E-state index contributed by atoms with van der Waals surface area (Å²) in [6.45, 7) is 5.24. The van der Waals surface area contributed by atoms with Crippen LogP contribution in [-0.4, -0.2) is 56.7 Å². The molecule has 6 heteroatoms. The van der Waals surface area contributed by atoms with Crippen molar-refractivity contribution in [3.05, 3.63) is 83.4 Å². The van der Waals surface area contributed by atoms with Crippen LogP contribution in [-0.2, 0) is 19.5 Å². The lowest BCUT2D eigenvalue weighted by atomic mass is 10.1. The topological polar surface area (TPSA) is 54.3 Å². The summed E-state index contributed by atoms with van der Waals surface area (Å²) in [5.74, 6) is 2.61. The smallest absolute Gasteiger partial charge is 0.253 e. The number of fused-ring (bicyclic) bond motifs is 1. The summed E-state index contributed by atoms with van der Waals surface area (Å²) >= 11 is 0. The van der Waals surface area contributed by atoms with Crippen LogP contribution in [0.4, 0.5) is 0 Å². The second kappa shape index (κ2) is 8.40. The zero-order valence-electron chi connectivity index (χ0n) is 17.2. The quantitative estimate of drug-likeness (QED) is 0.675. The summed E-state index contributed by atoms with van der Waals surface area (Å²) in [6, 6.07) is 20.2. The molecule has 1 atom stereocenters. The van der Waals surface area contributed by atoms with Gasteiger partial charge in [-0.05, 0) is 30.7 Å². The van der Waals surface area contributed by atoms with Crippen molar-refractivity contribution in [3.63, 3.8) is 0 Å². The number of hydrogen-bond donors (Lipinski definition) is 0. The van der Waals surface area contributed by atoms with E-state index >= 15 is 0 Å². The summed E-state index contributed by atoms with van der Waals surface area (Å²) in [6.07, 6.45) is 1.86. The number of amides is 1. The molecule has 3 heterocycles. The van der Waals surface area contributed by atoms with Crippen LogP contribution in [0, 0.1) is 0 Å². The standard InChI is InChI=1S/C24H27N5O/c30-24(20-9-5-2-6-10-20)28-14-12-22-25-26-23(29(22)16-15-28)21-11-13-27(18-21)17-19-7-3-1-4-8-19/h1-10,21H,11-18H2. The monoisotopic (exact) mass is 401 g/mol. The van der Waals surface area contributed by atoms with Crippen molar-refractivity contribution in [2.75, 3.05) is 26.2 Å². The zero-order valence-corrected chi connectivity index (χ0v) is 17.2. The molecule has 0 aliphatic carbocycles. The van der Waals surface area contributed by atoms with E-state index in [1.165, 1.54) is 5.56 Å². The summed E-state index contributed by atoms with van der Waals surface area (Å²) in [5.41, 5.74) is 2.11. The van der Waals surface area contributed by atoms with Gasteiger partial charge in [0.2, 0.25) is 0 Å². The van der Waals surface area contributed by atoms with E-state index in [0.717, 1.165) is 56.2 Å². The molecular weight excluding hydrogens is 374 g/mol. The molecule has 3 aromatic rings. The van der Waals surface area contributed by atoms with Crippen LogP contribution in [0.2, 0.25) is 0 Å². The van der Waals surface area contributed by atoms with E-state index in [-0.39, 0.29) is 5.91 Å². The molecule has 2 aliphatic rings. The highest BCUT2D eigenvalue weighted by molar-refractivity contribution is 5.94. The van der Waals surface area contributed by atoms with Crippen LogP contribution in [0.15, 0.2) is 60.7 Å². The van der Waals surface area contributed by atoms with Crippen LogP contribution in [0.3, 0.4) is 0 Å². The Balaban J connectivity index is 1.25. The van der Waals surface area contributed by atoms with Gasteiger partial charge in [-0.2, -0.15) is 0 Å². The lowest BCUT2D eigenvalue weighted by molar-refractivity contribution is 0.0758. The third kappa shape index (κ3) is 3.87. The highest BCUT2D eigenvalue weighted by Crippen LogP contribution is 2.28. The first-order valence-corrected chi connectivity index (χ1v) is 10.8. The SMILES string of the molecule is O=C(c1ccccc1)N1CCc2nnc(C3CCN(Cc4ccccc4)C3)n2CC1. The Morgan fingerprint density at radius 3 is 2.47 bits per heavy atom. The van der Waals surface area contributed by atoms with Crippen LogP contribution >= 0.6 is 0 Å². The lowest BCUT2D eigenvalue weighted by Crippen LogP contribution is -2.33. The van der Waals surface area contributed by atoms with Crippen LogP contribution in [0.1, 0.15) is 39.9 Å². The largest absolute Gasteiger partial charge is 0.336 e. The first-order valence-electron chi connectivity index (χ1n) is 10.8. The van der Waals surface area contributed by atoms with E-state index in [0.29, 0.717) is 19.0 Å². The first-order chi connectivity index (χ1) is 14.8. The molecule has 0 N–H and O–H groups in total. The predicted molar refractivity (Wildman–Crippen MR) is 115 cm³/mol. The van der Waals surface area contributed by atoms with Gasteiger partial charge in [0.25, 0.3) is 5.91 Å². The van der Waals surface area contributed by atoms with Gasteiger partial charge >= 0.3 is 0 Å². The van der Waals surface area contributed by atoms with Crippen molar-refractivity contribution in [3.8, 4) is 0 Å². The van der Waals surface area contributed by atoms with Gasteiger partial charge in [0.1, 0.15) is 11.6 Å². The number of carbonyl (C=O) groups is 1. The number of benzene rings is 2. The Hall–Kier alpha value is -2.99. The minimum absolute atomic E-state index is 0.103. The molecule has 30 heavy (non-hydrogen) atoms. The molecule has 1 amide bonds. The maximum atomic E-state index is 12.9. The average molecular weight is 402 g/mol. The fourth-order valence-electron chi connectivity index (χ4n) is 4.64. The fraction of sp³-hybridized carbons (Fsp3) is 0.375. The minimum Gasteiger partial charge on any atom is -0.336 e. The van der Waals surface area contributed by atoms with E-state index in [4.69, 9.17) is 0 Å². The summed E-state index contributed by atoms with van der Waals surface area (Å²) < 4.78 is 2.27. The van der Waals surface area contributed by atoms with Gasteiger partial charge in [-0.25, -0.2) is 0 Å². The maximum absolute atomic E-state index is 12.9. The zero-order chi connectivity index (χ0) is 20.3. The van der Waals surface area contributed by atoms with E-state index < -0.39 is 0 Å². The Kier molecular flexibility index (Phi) is 5.32. The van der Waals surface area contributed by atoms with Crippen LogP contribution in [0.5, 0.6) is 0 Å². The lowest BCUT2D eigenvalue weighted by Gasteiger charge is -2.20. The van der Waals surface area contributed by atoms with Gasteiger partial charge in [0.15, 0.2) is 0 Å².